The molecular weight excluding hydrogens is 697 g/mol. The van der Waals surface area contributed by atoms with Gasteiger partial charge in [-0.2, -0.15) is 9.68 Å². The highest BCUT2D eigenvalue weighted by Crippen LogP contribution is 2.35. The van der Waals surface area contributed by atoms with Crippen LogP contribution in [-0.4, -0.2) is 61.3 Å². The molecule has 12 heteroatoms. The van der Waals surface area contributed by atoms with E-state index in [1.165, 1.54) is 12.0 Å². The van der Waals surface area contributed by atoms with Crippen LogP contribution >= 0.6 is 0 Å². The summed E-state index contributed by atoms with van der Waals surface area (Å²) in [5.74, 6) is -0.450. The standard InChI is InChI=1S/C43H43N6O6/c1-42(2,3)55-39(50)29-47(41(51)34-16-14-15-32(27-34)30-54-49(52)53-5)28-31-23-25-33(26-24-31)37-21-12-13-22-38(37)40-44-46-48(45-40)43(4,35-17-8-6-9-18-35)36-19-10-7-11-20-36/h6-27H,28-30H2,1-5H3/q+1. The molecule has 0 unspecified atom stereocenters. The van der Waals surface area contributed by atoms with Crippen molar-refractivity contribution in [2.24, 2.45) is 0 Å². The summed E-state index contributed by atoms with van der Waals surface area (Å²) in [4.78, 5) is 50.9. The van der Waals surface area contributed by atoms with Gasteiger partial charge in [0.15, 0.2) is 13.7 Å². The zero-order valence-corrected chi connectivity index (χ0v) is 31.5. The Labute approximate surface area is 319 Å². The molecule has 0 bridgehead atoms. The van der Waals surface area contributed by atoms with Crippen molar-refractivity contribution in [2.75, 3.05) is 13.7 Å². The molecule has 12 nitrogen and oxygen atoms in total. The molecule has 0 aliphatic heterocycles. The molecule has 0 atom stereocenters. The van der Waals surface area contributed by atoms with E-state index in [9.17, 15) is 14.5 Å². The van der Waals surface area contributed by atoms with Gasteiger partial charge >= 0.3 is 11.1 Å². The number of hydrogen-bond donors (Lipinski definition) is 0. The van der Waals surface area contributed by atoms with Crippen LogP contribution in [0.5, 0.6) is 0 Å². The van der Waals surface area contributed by atoms with Crippen molar-refractivity contribution in [1.82, 2.24) is 25.1 Å². The Balaban J connectivity index is 1.27. The number of esters is 1. The van der Waals surface area contributed by atoms with E-state index >= 15 is 0 Å². The van der Waals surface area contributed by atoms with E-state index in [2.05, 4.69) is 46.3 Å². The van der Waals surface area contributed by atoms with Gasteiger partial charge in [0.2, 0.25) is 5.82 Å². The van der Waals surface area contributed by atoms with Gasteiger partial charge in [-0.05, 0) is 78.4 Å². The summed E-state index contributed by atoms with van der Waals surface area (Å²) in [6, 6.07) is 42.5. The average molecular weight is 740 g/mol. The quantitative estimate of drug-likeness (QED) is 0.0821. The van der Waals surface area contributed by atoms with E-state index in [-0.39, 0.29) is 30.7 Å². The first-order chi connectivity index (χ1) is 26.4. The third kappa shape index (κ3) is 9.10. The van der Waals surface area contributed by atoms with E-state index in [4.69, 9.17) is 14.7 Å². The summed E-state index contributed by atoms with van der Waals surface area (Å²) in [7, 11) is 1.19. The van der Waals surface area contributed by atoms with E-state index in [1.54, 1.807) is 49.8 Å². The maximum Gasteiger partial charge on any atom is 0.477 e. The second-order valence-corrected chi connectivity index (χ2v) is 14.1. The summed E-state index contributed by atoms with van der Waals surface area (Å²) in [5.41, 5.74) is 4.90. The number of aromatic nitrogens is 4. The fraction of sp³-hybridized carbons (Fsp3) is 0.233. The van der Waals surface area contributed by atoms with Crippen LogP contribution in [0.25, 0.3) is 22.5 Å². The minimum atomic E-state index is -0.731. The third-order valence-corrected chi connectivity index (χ3v) is 8.98. The maximum atomic E-state index is 13.9. The molecule has 0 aliphatic carbocycles. The lowest BCUT2D eigenvalue weighted by Crippen LogP contribution is -2.38. The second kappa shape index (κ2) is 16.5. The van der Waals surface area contributed by atoms with Crippen LogP contribution in [-0.2, 0) is 37.9 Å². The largest absolute Gasteiger partial charge is 0.477 e. The maximum absolute atomic E-state index is 13.9. The lowest BCUT2D eigenvalue weighted by Gasteiger charge is -2.29. The first kappa shape index (κ1) is 38.0. The molecule has 0 aliphatic rings. The Bertz CT molecular complexity index is 2210. The molecule has 0 fully saturated rings. The molecule has 1 heterocycles. The predicted molar refractivity (Wildman–Crippen MR) is 206 cm³/mol. The molecular formula is C43H43N6O6+. The van der Waals surface area contributed by atoms with Crippen LogP contribution in [0.4, 0.5) is 0 Å². The fourth-order valence-electron chi connectivity index (χ4n) is 6.26. The van der Waals surface area contributed by atoms with Crippen LogP contribution < -0.4 is 0 Å². The van der Waals surface area contributed by atoms with Crippen molar-refractivity contribution in [1.29, 1.82) is 0 Å². The van der Waals surface area contributed by atoms with Crippen molar-refractivity contribution < 1.29 is 29.1 Å². The summed E-state index contributed by atoms with van der Waals surface area (Å²) in [6.45, 7) is 7.16. The molecule has 0 radical (unpaired) electrons. The van der Waals surface area contributed by atoms with Crippen molar-refractivity contribution in [3.05, 3.63) is 166 Å². The molecule has 1 aromatic heterocycles. The minimum absolute atomic E-state index is 0.0150. The van der Waals surface area contributed by atoms with Crippen LogP contribution in [0.1, 0.15) is 60.3 Å². The summed E-state index contributed by atoms with van der Waals surface area (Å²) >= 11 is 0. The topological polar surface area (TPSA) is 129 Å². The van der Waals surface area contributed by atoms with Crippen LogP contribution in [0.2, 0.25) is 0 Å². The van der Waals surface area contributed by atoms with E-state index in [1.807, 2.05) is 84.9 Å². The summed E-state index contributed by atoms with van der Waals surface area (Å²) in [5, 5.41) is 14.1. The Morgan fingerprint density at radius 3 is 1.98 bits per heavy atom. The van der Waals surface area contributed by atoms with Crippen molar-refractivity contribution >= 4 is 11.9 Å². The molecule has 0 saturated carbocycles. The zero-order valence-electron chi connectivity index (χ0n) is 31.5. The van der Waals surface area contributed by atoms with Crippen molar-refractivity contribution in [3.63, 3.8) is 0 Å². The first-order valence-electron chi connectivity index (χ1n) is 17.8. The van der Waals surface area contributed by atoms with Gasteiger partial charge in [0, 0.05) is 17.7 Å². The number of benzene rings is 5. The number of carbonyl (C=O) groups excluding carboxylic acids is 2. The number of hydrogen-bond acceptors (Lipinski definition) is 9. The molecule has 0 N–H and O–H groups in total. The van der Waals surface area contributed by atoms with Gasteiger partial charge in [0.05, 0.1) is 0 Å². The van der Waals surface area contributed by atoms with E-state index in [0.717, 1.165) is 33.4 Å². The Morgan fingerprint density at radius 1 is 0.745 bits per heavy atom. The van der Waals surface area contributed by atoms with Gasteiger partial charge in [-0.1, -0.05) is 121 Å². The molecule has 0 spiro atoms. The van der Waals surface area contributed by atoms with Crippen LogP contribution in [0.15, 0.2) is 133 Å². The monoisotopic (exact) mass is 739 g/mol. The lowest BCUT2D eigenvalue weighted by molar-refractivity contribution is -0.980. The smallest absolute Gasteiger partial charge is 0.459 e. The number of amides is 1. The van der Waals surface area contributed by atoms with Crippen LogP contribution in [0.3, 0.4) is 0 Å². The number of nitrogens with zero attached hydrogens (tertiary/aromatic N) is 6. The lowest BCUT2D eigenvalue weighted by atomic mass is 9.85. The highest BCUT2D eigenvalue weighted by atomic mass is 17.0. The third-order valence-electron chi connectivity index (χ3n) is 8.98. The zero-order chi connectivity index (χ0) is 39.0. The van der Waals surface area contributed by atoms with Crippen molar-refractivity contribution in [2.45, 2.75) is 52.0 Å². The highest BCUT2D eigenvalue weighted by molar-refractivity contribution is 5.96. The molecule has 280 valence electrons. The molecule has 0 saturated heterocycles. The predicted octanol–water partition coefficient (Wildman–Crippen LogP) is 7.57. The van der Waals surface area contributed by atoms with E-state index in [0.29, 0.717) is 17.0 Å². The Morgan fingerprint density at radius 2 is 1.36 bits per heavy atom. The van der Waals surface area contributed by atoms with Crippen LogP contribution in [0, 0.1) is 4.91 Å². The molecule has 55 heavy (non-hydrogen) atoms. The van der Waals surface area contributed by atoms with Gasteiger partial charge < -0.3 is 9.64 Å². The number of carbonyl (C=O) groups is 2. The Hall–Kier alpha value is -6.69. The SMILES string of the molecule is CO[N+](=O)OCc1cccc(C(=O)N(CC(=O)OC(C)(C)C)Cc2ccc(-c3ccccc3-c3nnn(C(C)(c4ccccc4)c4ccccc4)n3)cc2)c1. The second-order valence-electron chi connectivity index (χ2n) is 14.1. The molecule has 6 aromatic rings. The summed E-state index contributed by atoms with van der Waals surface area (Å²) < 4.78 is 5.57. The summed E-state index contributed by atoms with van der Waals surface area (Å²) in [6.07, 6.45) is 0. The van der Waals surface area contributed by atoms with E-state index < -0.39 is 17.1 Å². The number of tetrazole rings is 1. The average Bonchev–Trinajstić information content (AvgIpc) is 3.70. The molecule has 1 amide bonds. The molecule has 5 aromatic carbocycles. The highest BCUT2D eigenvalue weighted by Gasteiger charge is 2.34. The number of ether oxygens (including phenoxy) is 1. The van der Waals surface area contributed by atoms with Gasteiger partial charge in [0.25, 0.3) is 5.91 Å². The van der Waals surface area contributed by atoms with Gasteiger partial charge in [-0.15, -0.1) is 15.0 Å². The number of rotatable bonds is 14. The Kier molecular flexibility index (Phi) is 11.4. The van der Waals surface area contributed by atoms with Gasteiger partial charge in [-0.3, -0.25) is 9.59 Å². The normalized spacial score (nSPS) is 11.4. The molecule has 6 rings (SSSR count). The van der Waals surface area contributed by atoms with Gasteiger partial charge in [0.1, 0.15) is 22.6 Å². The fourth-order valence-corrected chi connectivity index (χ4v) is 6.26. The minimum Gasteiger partial charge on any atom is -0.459 e. The van der Waals surface area contributed by atoms with Crippen molar-refractivity contribution in [3.8, 4) is 22.5 Å². The first-order valence-corrected chi connectivity index (χ1v) is 17.8. The van der Waals surface area contributed by atoms with Gasteiger partial charge in [-0.25, -0.2) is 0 Å².